The average molecular weight is 445 g/mol. The molecule has 1 aromatic carbocycles. The second kappa shape index (κ2) is 9.08. The Labute approximate surface area is 189 Å². The Morgan fingerprint density at radius 2 is 2.12 bits per heavy atom. The number of carbonyl (C=O) groups excluding carboxylic acids is 1. The Morgan fingerprint density at radius 3 is 2.78 bits per heavy atom. The van der Waals surface area contributed by atoms with Crippen LogP contribution in [0, 0.1) is 17.9 Å². The normalized spacial score (nSPS) is 13.7. The fourth-order valence-electron chi connectivity index (χ4n) is 3.78. The molecule has 9 nitrogen and oxygen atoms in total. The summed E-state index contributed by atoms with van der Waals surface area (Å²) in [4.78, 5) is 22.7. The number of nitriles is 1. The zero-order valence-electron chi connectivity index (χ0n) is 17.4. The van der Waals surface area contributed by atoms with Gasteiger partial charge in [-0.15, -0.1) is 0 Å². The minimum Gasteiger partial charge on any atom is -0.368 e. The first-order valence-electron chi connectivity index (χ1n) is 10.1. The average Bonchev–Trinajstić information content (AvgIpc) is 3.29. The molecule has 10 heteroatoms. The Bertz CT molecular complexity index is 1240. The van der Waals surface area contributed by atoms with Gasteiger partial charge in [-0.05, 0) is 17.5 Å². The van der Waals surface area contributed by atoms with Gasteiger partial charge in [0.25, 0.3) is 0 Å². The number of amides is 1. The molecule has 1 unspecified atom stereocenters. The number of fused-ring (bicyclic) bond motifs is 1. The lowest BCUT2D eigenvalue weighted by Crippen LogP contribution is -2.31. The summed E-state index contributed by atoms with van der Waals surface area (Å²) in [5, 5.41) is 20.6. The molecule has 0 aliphatic carbocycles. The van der Waals surface area contributed by atoms with Gasteiger partial charge in [-0.1, -0.05) is 49.0 Å². The summed E-state index contributed by atoms with van der Waals surface area (Å²) in [7, 11) is 0. The minimum absolute atomic E-state index is 0.313. The van der Waals surface area contributed by atoms with E-state index in [9.17, 15) is 10.1 Å². The van der Waals surface area contributed by atoms with Gasteiger partial charge in [0.05, 0.1) is 24.4 Å². The molecular weight excluding hydrogens is 424 g/mol. The highest BCUT2D eigenvalue weighted by molar-refractivity contribution is 8.00. The smallest absolute Gasteiger partial charge is 0.235 e. The van der Waals surface area contributed by atoms with Crippen molar-refractivity contribution in [1.29, 1.82) is 5.26 Å². The number of aromatic amines is 1. The van der Waals surface area contributed by atoms with Crippen LogP contribution in [0.4, 0.5) is 11.5 Å². The van der Waals surface area contributed by atoms with Gasteiger partial charge in [-0.25, -0.2) is 9.83 Å². The predicted molar refractivity (Wildman–Crippen MR) is 120 cm³/mol. The van der Waals surface area contributed by atoms with E-state index < -0.39 is 11.2 Å². The molecule has 1 aliphatic rings. The summed E-state index contributed by atoms with van der Waals surface area (Å²) in [5.41, 5.74) is 9.45. The monoisotopic (exact) mass is 444 g/mol. The molecule has 1 atom stereocenters. The highest BCUT2D eigenvalue weighted by Crippen LogP contribution is 2.43. The molecular formula is C22H20N8OS. The topological polar surface area (TPSA) is 129 Å². The van der Waals surface area contributed by atoms with E-state index >= 15 is 0 Å². The van der Waals surface area contributed by atoms with Crippen molar-refractivity contribution in [2.24, 2.45) is 5.73 Å². The lowest BCUT2D eigenvalue weighted by atomic mass is 10.0. The van der Waals surface area contributed by atoms with Gasteiger partial charge in [0, 0.05) is 13.0 Å². The quantitative estimate of drug-likeness (QED) is 0.441. The molecule has 1 aliphatic heterocycles. The maximum absolute atomic E-state index is 12.3. The number of thioether (sulfide) groups is 1. The van der Waals surface area contributed by atoms with Crippen molar-refractivity contribution in [2.75, 3.05) is 11.4 Å². The summed E-state index contributed by atoms with van der Waals surface area (Å²) in [5.74, 6) is -0.0331. The van der Waals surface area contributed by atoms with Crippen LogP contribution in [0.5, 0.6) is 0 Å². The number of benzene rings is 1. The highest BCUT2D eigenvalue weighted by atomic mass is 32.2. The molecule has 0 saturated heterocycles. The number of carbonyl (C=O) groups is 1. The summed E-state index contributed by atoms with van der Waals surface area (Å²) < 4.78 is 0. The molecule has 0 spiro atoms. The van der Waals surface area contributed by atoms with Gasteiger partial charge in [-0.2, -0.15) is 20.7 Å². The number of anilines is 1. The molecule has 0 radical (unpaired) electrons. The lowest BCUT2D eigenvalue weighted by molar-refractivity contribution is -0.117. The van der Waals surface area contributed by atoms with Gasteiger partial charge < -0.3 is 10.6 Å². The van der Waals surface area contributed by atoms with E-state index in [4.69, 9.17) is 17.3 Å². The second-order valence-electron chi connectivity index (χ2n) is 7.22. The van der Waals surface area contributed by atoms with Crippen LogP contribution in [0.3, 0.4) is 0 Å². The molecule has 2 aromatic heterocycles. The molecule has 4 rings (SSSR count). The van der Waals surface area contributed by atoms with E-state index in [2.05, 4.69) is 26.3 Å². The van der Waals surface area contributed by atoms with Crippen LogP contribution in [0.2, 0.25) is 0 Å². The Morgan fingerprint density at radius 1 is 1.38 bits per heavy atom. The number of hydrogen-bond acceptors (Lipinski definition) is 7. The van der Waals surface area contributed by atoms with Gasteiger partial charge in [0.15, 0.2) is 0 Å². The third kappa shape index (κ3) is 3.88. The molecule has 0 fully saturated rings. The first-order valence-corrected chi connectivity index (χ1v) is 10.9. The van der Waals surface area contributed by atoms with E-state index in [1.807, 2.05) is 42.2 Å². The number of nitrogens with zero attached hydrogens (tertiary/aromatic N) is 6. The molecule has 1 amide bonds. The first-order chi connectivity index (χ1) is 15.6. The fourth-order valence-corrected chi connectivity index (χ4v) is 4.84. The van der Waals surface area contributed by atoms with E-state index in [-0.39, 0.29) is 0 Å². The van der Waals surface area contributed by atoms with E-state index in [0.717, 1.165) is 28.7 Å². The first kappa shape index (κ1) is 21.3. The van der Waals surface area contributed by atoms with Crippen molar-refractivity contribution >= 4 is 29.2 Å². The largest absolute Gasteiger partial charge is 0.368 e. The summed E-state index contributed by atoms with van der Waals surface area (Å²) in [6.45, 7) is 10.8. The highest BCUT2D eigenvalue weighted by Gasteiger charge is 2.29. The SMILES string of the molecule is [C-]#[N+]c1c(N2CCc3n[nH]nc3C2)nc(SC(C(N)=O)c2ccccc2)c(C#N)c1CC. The summed E-state index contributed by atoms with van der Waals surface area (Å²) in [6, 6.07) is 11.4. The zero-order chi connectivity index (χ0) is 22.7. The van der Waals surface area contributed by atoms with Crippen molar-refractivity contribution < 1.29 is 4.79 Å². The van der Waals surface area contributed by atoms with Crippen LogP contribution in [0.1, 0.15) is 40.3 Å². The standard InChI is InChI=1S/C22H20N8OS/c1-3-14-15(11-23)22(32-19(20(24)31)13-7-5-4-6-8-13)26-21(18(14)25-2)30-10-9-16-17(12-30)28-29-27-16/h4-8,19H,3,9-10,12H2,1H3,(H2,24,31)(H,27,28,29). The van der Waals surface area contributed by atoms with Gasteiger partial charge >= 0.3 is 0 Å². The second-order valence-corrected chi connectivity index (χ2v) is 8.31. The van der Waals surface area contributed by atoms with Crippen molar-refractivity contribution in [3.8, 4) is 6.07 Å². The molecule has 3 aromatic rings. The third-order valence-electron chi connectivity index (χ3n) is 5.35. The van der Waals surface area contributed by atoms with Crippen LogP contribution in [-0.2, 0) is 24.2 Å². The zero-order valence-corrected chi connectivity index (χ0v) is 18.2. The van der Waals surface area contributed by atoms with Gasteiger partial charge in [0.2, 0.25) is 11.6 Å². The van der Waals surface area contributed by atoms with Gasteiger partial charge in [0.1, 0.15) is 27.9 Å². The Kier molecular flexibility index (Phi) is 6.06. The number of primary amides is 1. The summed E-state index contributed by atoms with van der Waals surface area (Å²) >= 11 is 1.14. The van der Waals surface area contributed by atoms with E-state index in [1.54, 1.807) is 0 Å². The third-order valence-corrected chi connectivity index (χ3v) is 6.61. The molecule has 3 N–H and O–H groups in total. The molecule has 0 bridgehead atoms. The van der Waals surface area contributed by atoms with Crippen LogP contribution >= 0.6 is 11.8 Å². The maximum Gasteiger partial charge on any atom is 0.235 e. The Balaban J connectivity index is 1.82. The number of H-pyrrole nitrogens is 1. The number of nitrogens with one attached hydrogen (secondary N) is 1. The number of nitrogens with two attached hydrogens (primary N) is 1. The van der Waals surface area contributed by atoms with Crippen LogP contribution in [-0.4, -0.2) is 32.8 Å². The molecule has 160 valence electrons. The molecule has 3 heterocycles. The fraction of sp³-hybridized carbons (Fsp3) is 0.273. The van der Waals surface area contributed by atoms with Crippen molar-refractivity contribution in [3.05, 3.63) is 69.8 Å². The van der Waals surface area contributed by atoms with E-state index in [0.29, 0.717) is 53.6 Å². The number of pyridine rings is 1. The molecule has 32 heavy (non-hydrogen) atoms. The maximum atomic E-state index is 12.3. The number of hydrogen-bond donors (Lipinski definition) is 2. The molecule has 0 saturated carbocycles. The number of aromatic nitrogens is 4. The van der Waals surface area contributed by atoms with Gasteiger partial charge in [-0.3, -0.25) is 4.79 Å². The van der Waals surface area contributed by atoms with Crippen molar-refractivity contribution in [3.63, 3.8) is 0 Å². The lowest BCUT2D eigenvalue weighted by Gasteiger charge is -2.29. The predicted octanol–water partition coefficient (Wildman–Crippen LogP) is 3.07. The van der Waals surface area contributed by atoms with Crippen LogP contribution in [0.15, 0.2) is 35.4 Å². The van der Waals surface area contributed by atoms with Crippen LogP contribution in [0.25, 0.3) is 4.85 Å². The minimum atomic E-state index is -0.712. The van der Waals surface area contributed by atoms with Crippen molar-refractivity contribution in [2.45, 2.75) is 36.6 Å². The van der Waals surface area contributed by atoms with Crippen LogP contribution < -0.4 is 10.6 Å². The number of rotatable bonds is 6. The Hall–Kier alpha value is -3.89. The van der Waals surface area contributed by atoms with E-state index in [1.165, 1.54) is 0 Å². The summed E-state index contributed by atoms with van der Waals surface area (Å²) in [6.07, 6.45) is 1.15. The van der Waals surface area contributed by atoms with Crippen molar-refractivity contribution in [1.82, 2.24) is 20.4 Å².